The first kappa shape index (κ1) is 22.2. The number of amides is 1. The van der Waals surface area contributed by atoms with E-state index < -0.39 is 15.6 Å². The van der Waals surface area contributed by atoms with E-state index in [0.29, 0.717) is 5.57 Å². The summed E-state index contributed by atoms with van der Waals surface area (Å²) in [4.78, 5) is 11.3. The Morgan fingerprint density at radius 2 is 1.67 bits per heavy atom. The van der Waals surface area contributed by atoms with Crippen LogP contribution in [0.5, 0.6) is 0 Å². The average molecular weight is 334 g/mol. The number of carbonyl (C=O) groups excluding carboxylic acids is 1. The van der Waals surface area contributed by atoms with Gasteiger partial charge in [0.25, 0.3) is 5.91 Å². The van der Waals surface area contributed by atoms with Crippen LogP contribution in [0.3, 0.4) is 0 Å². The van der Waals surface area contributed by atoms with Crippen LogP contribution in [0.4, 0.5) is 13.2 Å². The van der Waals surface area contributed by atoms with E-state index in [9.17, 15) is 18.0 Å². The third kappa shape index (κ3) is 9.43. The molecule has 10 heteroatoms. The Hall–Kier alpha value is -1.13. The van der Waals surface area contributed by atoms with Gasteiger partial charge in [-0.3, -0.25) is 4.79 Å². The Morgan fingerprint density at radius 1 is 1.33 bits per heavy atom. The smallest absolute Gasteiger partial charge is 0.485 e. The molecule has 0 fully saturated rings. The molecule has 0 saturated heterocycles. The summed E-state index contributed by atoms with van der Waals surface area (Å²) in [5.41, 5.74) is -5.08. The molecule has 126 valence electrons. The number of hydrogen-bond acceptors (Lipinski definition) is 4. The Balaban J connectivity index is 0. The zero-order valence-corrected chi connectivity index (χ0v) is 13.4. The Labute approximate surface area is 123 Å². The second kappa shape index (κ2) is 7.76. The fourth-order valence-corrected chi connectivity index (χ4v) is 1.12. The molecule has 0 aliphatic carbocycles. The summed E-state index contributed by atoms with van der Waals surface area (Å²) in [7, 11) is 0.0968. The Kier molecular flexibility index (Phi) is 8.19. The minimum absolute atomic E-state index is 0.0556. The lowest BCUT2D eigenvalue weighted by molar-refractivity contribution is -0.898. The lowest BCUT2D eigenvalue weighted by Crippen LogP contribution is -2.54. The first-order valence-corrected chi connectivity index (χ1v) is 7.24. The van der Waals surface area contributed by atoms with Crippen molar-refractivity contribution in [1.29, 1.82) is 0 Å². The molecule has 0 rings (SSSR count). The summed E-state index contributed by atoms with van der Waals surface area (Å²) in [6.45, 7) is 7.39. The number of carbonyl (C=O) groups is 1. The van der Waals surface area contributed by atoms with Gasteiger partial charge in [0.15, 0.2) is 16.3 Å². The molecule has 1 unspecified atom stereocenters. The van der Waals surface area contributed by atoms with Crippen LogP contribution < -0.4 is 5.32 Å². The summed E-state index contributed by atoms with van der Waals surface area (Å²) >= 11 is 0. The number of rotatable bonds is 4. The van der Waals surface area contributed by atoms with E-state index in [4.69, 9.17) is 13.0 Å². The SMILES string of the molecule is C=C(C)C(=O)NC(CC)[N+](C)(C)C.O=S(=O)([O-])C(F)(F)F. The molecular formula is C11H21F3N2O4S. The molecule has 21 heavy (non-hydrogen) atoms. The summed E-state index contributed by atoms with van der Waals surface area (Å²) in [6.07, 6.45) is 1.08. The van der Waals surface area contributed by atoms with Gasteiger partial charge in [-0.05, 0) is 6.92 Å². The first-order chi connectivity index (χ1) is 9.04. The van der Waals surface area contributed by atoms with E-state index in [1.807, 2.05) is 0 Å². The third-order valence-electron chi connectivity index (χ3n) is 2.29. The highest BCUT2D eigenvalue weighted by Gasteiger charge is 2.36. The van der Waals surface area contributed by atoms with Crippen LogP contribution >= 0.6 is 0 Å². The van der Waals surface area contributed by atoms with E-state index in [0.717, 1.165) is 10.9 Å². The van der Waals surface area contributed by atoms with Crippen LogP contribution in [0.2, 0.25) is 0 Å². The lowest BCUT2D eigenvalue weighted by Gasteiger charge is -2.33. The zero-order valence-electron chi connectivity index (χ0n) is 12.6. The fourth-order valence-electron chi connectivity index (χ4n) is 1.12. The predicted octanol–water partition coefficient (Wildman–Crippen LogP) is 1.17. The number of quaternary nitrogens is 1. The quantitative estimate of drug-likeness (QED) is 0.275. The van der Waals surface area contributed by atoms with Crippen molar-refractivity contribution in [3.8, 4) is 0 Å². The van der Waals surface area contributed by atoms with Crippen molar-refractivity contribution in [2.75, 3.05) is 21.1 Å². The van der Waals surface area contributed by atoms with Crippen molar-refractivity contribution in [2.45, 2.75) is 31.9 Å². The molecule has 0 spiro atoms. The van der Waals surface area contributed by atoms with Crippen LogP contribution in [0.25, 0.3) is 0 Å². The number of hydrogen-bond donors (Lipinski definition) is 1. The fraction of sp³-hybridized carbons (Fsp3) is 0.727. The number of halogens is 3. The van der Waals surface area contributed by atoms with Gasteiger partial charge < -0.3 is 14.4 Å². The average Bonchev–Trinajstić information content (AvgIpc) is 2.21. The summed E-state index contributed by atoms with van der Waals surface area (Å²) in [5.74, 6) is -0.0556. The topological polar surface area (TPSA) is 86.3 Å². The maximum Gasteiger partial charge on any atom is 0.485 e. The standard InChI is InChI=1S/C10H20N2O.CHF3O3S/c1-7-9(12(4,5)6)11-10(13)8(2)3;2-1(3,4)8(5,6)7/h9H,2,7H2,1,3-6H3;(H,5,6,7). The van der Waals surface area contributed by atoms with Crippen LogP contribution in [0, 0.1) is 0 Å². The van der Waals surface area contributed by atoms with E-state index in [2.05, 4.69) is 40.0 Å². The molecule has 1 N–H and O–H groups in total. The zero-order chi connectivity index (χ0) is 17.6. The van der Waals surface area contributed by atoms with E-state index >= 15 is 0 Å². The number of alkyl halides is 3. The molecule has 6 nitrogen and oxygen atoms in total. The number of nitrogens with zero attached hydrogens (tertiary/aromatic N) is 1. The van der Waals surface area contributed by atoms with Crippen molar-refractivity contribution in [3.05, 3.63) is 12.2 Å². The van der Waals surface area contributed by atoms with E-state index in [1.165, 1.54) is 0 Å². The lowest BCUT2D eigenvalue weighted by atomic mass is 10.2. The number of nitrogens with one attached hydrogen (secondary N) is 1. The summed E-state index contributed by atoms with van der Waals surface area (Å²) in [5, 5.41) is 2.94. The maximum atomic E-state index is 11.3. The highest BCUT2D eigenvalue weighted by atomic mass is 32.2. The second-order valence-corrected chi connectivity index (χ2v) is 6.57. The van der Waals surface area contributed by atoms with Gasteiger partial charge in [0.05, 0.1) is 21.1 Å². The van der Waals surface area contributed by atoms with Gasteiger partial charge in [-0.15, -0.1) is 0 Å². The Bertz CT molecular complexity index is 467. The highest BCUT2D eigenvalue weighted by Crippen LogP contribution is 2.20. The van der Waals surface area contributed by atoms with Gasteiger partial charge in [0.2, 0.25) is 0 Å². The van der Waals surface area contributed by atoms with Crippen LogP contribution in [-0.2, 0) is 14.9 Å². The van der Waals surface area contributed by atoms with Crippen LogP contribution in [0.1, 0.15) is 20.3 Å². The second-order valence-electron chi connectivity index (χ2n) is 5.19. The molecular weight excluding hydrogens is 313 g/mol. The van der Waals surface area contributed by atoms with Gasteiger partial charge in [-0.25, -0.2) is 8.42 Å². The minimum atomic E-state index is -6.09. The molecule has 1 amide bonds. The van der Waals surface area contributed by atoms with Gasteiger partial charge in [-0.1, -0.05) is 13.5 Å². The van der Waals surface area contributed by atoms with Crippen LogP contribution in [0.15, 0.2) is 12.2 Å². The van der Waals surface area contributed by atoms with Gasteiger partial charge >= 0.3 is 5.51 Å². The van der Waals surface area contributed by atoms with Gasteiger partial charge in [0.1, 0.15) is 0 Å². The molecule has 0 aromatic heterocycles. The van der Waals surface area contributed by atoms with Crippen molar-refractivity contribution < 1.29 is 35.4 Å². The minimum Gasteiger partial charge on any atom is -0.741 e. The largest absolute Gasteiger partial charge is 0.741 e. The Morgan fingerprint density at radius 3 is 1.81 bits per heavy atom. The monoisotopic (exact) mass is 334 g/mol. The summed E-state index contributed by atoms with van der Waals surface area (Å²) in [6, 6.07) is 0. The molecule has 0 bridgehead atoms. The van der Waals surface area contributed by atoms with Crippen molar-refractivity contribution >= 4 is 16.0 Å². The van der Waals surface area contributed by atoms with Crippen molar-refractivity contribution in [3.63, 3.8) is 0 Å². The highest BCUT2D eigenvalue weighted by molar-refractivity contribution is 7.86. The molecule has 0 heterocycles. The van der Waals surface area contributed by atoms with E-state index in [-0.39, 0.29) is 12.1 Å². The van der Waals surface area contributed by atoms with E-state index in [1.54, 1.807) is 6.92 Å². The molecule has 0 aromatic rings. The normalized spacial score (nSPS) is 13.8. The molecule has 0 aliphatic heterocycles. The molecule has 0 aromatic carbocycles. The first-order valence-electron chi connectivity index (χ1n) is 5.83. The van der Waals surface area contributed by atoms with Crippen LogP contribution in [-0.4, -0.2) is 56.2 Å². The van der Waals surface area contributed by atoms with Crippen molar-refractivity contribution in [1.82, 2.24) is 5.32 Å². The maximum absolute atomic E-state index is 11.3. The molecule has 0 aliphatic rings. The molecule has 0 radical (unpaired) electrons. The molecule has 1 atom stereocenters. The predicted molar refractivity (Wildman–Crippen MR) is 70.8 cm³/mol. The third-order valence-corrected chi connectivity index (χ3v) is 2.86. The van der Waals surface area contributed by atoms with Gasteiger partial charge in [0, 0.05) is 12.0 Å². The van der Waals surface area contributed by atoms with Gasteiger partial charge in [-0.2, -0.15) is 13.2 Å². The molecule has 0 saturated carbocycles. The summed E-state index contributed by atoms with van der Waals surface area (Å²) < 4.78 is 59.6. The van der Waals surface area contributed by atoms with Crippen molar-refractivity contribution in [2.24, 2.45) is 0 Å².